The summed E-state index contributed by atoms with van der Waals surface area (Å²) in [5, 5.41) is 13.1. The highest BCUT2D eigenvalue weighted by Crippen LogP contribution is 2.33. The first kappa shape index (κ1) is 31.7. The summed E-state index contributed by atoms with van der Waals surface area (Å²) >= 11 is 0. The van der Waals surface area contributed by atoms with E-state index in [2.05, 4.69) is 20.1 Å². The van der Waals surface area contributed by atoms with Crippen LogP contribution < -0.4 is 10.2 Å². The van der Waals surface area contributed by atoms with E-state index in [1.165, 1.54) is 42.9 Å². The SMILES string of the molecule is C/C(=C\O)CN(CC1CCCCC1)C1CCC(CNc2nc(N3CCOCC3)cc(-n3c(C(F)F)nc4ccccc43)n2)CC1. The van der Waals surface area contributed by atoms with Crippen molar-refractivity contribution in [3.8, 4) is 5.82 Å². The van der Waals surface area contributed by atoms with Gasteiger partial charge in [-0.15, -0.1) is 0 Å². The van der Waals surface area contributed by atoms with E-state index in [1.54, 1.807) is 24.3 Å². The first-order valence-corrected chi connectivity index (χ1v) is 16.7. The third-order valence-electron chi connectivity index (χ3n) is 9.82. The number of rotatable bonds is 11. The van der Waals surface area contributed by atoms with Crippen LogP contribution in [0.1, 0.15) is 77.0 Å². The minimum Gasteiger partial charge on any atom is -0.516 e. The molecule has 0 amide bonds. The Balaban J connectivity index is 1.17. The molecular formula is C34H47F2N7O2. The van der Waals surface area contributed by atoms with E-state index < -0.39 is 6.43 Å². The number of aliphatic hydroxyl groups is 1. The van der Waals surface area contributed by atoms with Crippen molar-refractivity contribution >= 4 is 22.8 Å². The number of nitrogens with one attached hydrogen (secondary N) is 1. The van der Waals surface area contributed by atoms with E-state index in [0.29, 0.717) is 66.9 Å². The van der Waals surface area contributed by atoms with Crippen molar-refractivity contribution < 1.29 is 18.6 Å². The van der Waals surface area contributed by atoms with Crippen LogP contribution in [0, 0.1) is 11.8 Å². The number of hydrogen-bond acceptors (Lipinski definition) is 8. The molecule has 9 nitrogen and oxygen atoms in total. The minimum absolute atomic E-state index is 0.323. The maximum Gasteiger partial charge on any atom is 0.296 e. The molecule has 0 spiro atoms. The molecule has 1 aromatic carbocycles. The predicted octanol–water partition coefficient (Wildman–Crippen LogP) is 6.90. The van der Waals surface area contributed by atoms with Crippen molar-refractivity contribution in [2.45, 2.75) is 77.2 Å². The molecule has 3 fully saturated rings. The van der Waals surface area contributed by atoms with Gasteiger partial charge in [-0.1, -0.05) is 31.4 Å². The Morgan fingerprint density at radius 1 is 1.00 bits per heavy atom. The monoisotopic (exact) mass is 623 g/mol. The van der Waals surface area contributed by atoms with Crippen LogP contribution >= 0.6 is 0 Å². The predicted molar refractivity (Wildman–Crippen MR) is 173 cm³/mol. The van der Waals surface area contributed by atoms with E-state index >= 15 is 0 Å². The van der Waals surface area contributed by atoms with Gasteiger partial charge in [-0.2, -0.15) is 9.97 Å². The largest absolute Gasteiger partial charge is 0.516 e. The summed E-state index contributed by atoms with van der Waals surface area (Å²) in [6.45, 7) is 7.22. The molecular weight excluding hydrogens is 576 g/mol. The van der Waals surface area contributed by atoms with Gasteiger partial charge < -0.3 is 20.1 Å². The molecule has 3 heterocycles. The van der Waals surface area contributed by atoms with Crippen LogP contribution in [-0.2, 0) is 4.74 Å². The van der Waals surface area contributed by atoms with Crippen molar-refractivity contribution in [3.63, 3.8) is 0 Å². The second-order valence-corrected chi connectivity index (χ2v) is 13.1. The quantitative estimate of drug-likeness (QED) is 0.223. The topological polar surface area (TPSA) is 91.6 Å². The lowest BCUT2D eigenvalue weighted by Crippen LogP contribution is -2.42. The number of nitrogens with zero attached hydrogens (tertiary/aromatic N) is 6. The average molecular weight is 624 g/mol. The molecule has 0 radical (unpaired) electrons. The number of aromatic nitrogens is 4. The summed E-state index contributed by atoms with van der Waals surface area (Å²) in [7, 11) is 0. The fourth-order valence-corrected chi connectivity index (χ4v) is 7.36. The van der Waals surface area contributed by atoms with Gasteiger partial charge in [-0.25, -0.2) is 13.8 Å². The third kappa shape index (κ3) is 7.74. The molecule has 3 aromatic rings. The van der Waals surface area contributed by atoms with Crippen LogP contribution in [0.4, 0.5) is 20.5 Å². The molecule has 2 aromatic heterocycles. The van der Waals surface area contributed by atoms with E-state index in [9.17, 15) is 13.9 Å². The molecule has 0 bridgehead atoms. The van der Waals surface area contributed by atoms with E-state index in [-0.39, 0.29) is 5.82 Å². The molecule has 1 saturated heterocycles. The molecule has 0 atom stereocenters. The highest BCUT2D eigenvalue weighted by Gasteiger charge is 2.29. The second-order valence-electron chi connectivity index (χ2n) is 13.1. The van der Waals surface area contributed by atoms with Gasteiger partial charge in [-0.05, 0) is 75.0 Å². The van der Waals surface area contributed by atoms with Crippen LogP contribution in [-0.4, -0.2) is 81.5 Å². The number of alkyl halides is 2. The molecule has 2 aliphatic carbocycles. The lowest BCUT2D eigenvalue weighted by Gasteiger charge is -2.39. The fraction of sp³-hybridized carbons (Fsp3) is 0.618. The Morgan fingerprint density at radius 2 is 1.73 bits per heavy atom. The number of halogens is 2. The summed E-state index contributed by atoms with van der Waals surface area (Å²) < 4.78 is 35.5. The summed E-state index contributed by atoms with van der Waals surface area (Å²) in [5.74, 6) is 2.42. The highest BCUT2D eigenvalue weighted by molar-refractivity contribution is 5.78. The van der Waals surface area contributed by atoms with Crippen molar-refractivity contribution in [2.24, 2.45) is 11.8 Å². The van der Waals surface area contributed by atoms with Crippen LogP contribution in [0.25, 0.3) is 16.9 Å². The van der Waals surface area contributed by atoms with E-state index in [0.717, 1.165) is 56.8 Å². The first-order chi connectivity index (χ1) is 22.0. The molecule has 1 aliphatic heterocycles. The Hall–Kier alpha value is -3.31. The van der Waals surface area contributed by atoms with Gasteiger partial charge in [0, 0.05) is 44.8 Å². The zero-order valence-electron chi connectivity index (χ0n) is 26.4. The Bertz CT molecular complexity index is 1430. The smallest absolute Gasteiger partial charge is 0.296 e. The number of ether oxygens (including phenoxy) is 1. The van der Waals surface area contributed by atoms with Crippen molar-refractivity contribution in [3.05, 3.63) is 48.0 Å². The van der Waals surface area contributed by atoms with Crippen LogP contribution in [0.3, 0.4) is 0 Å². The number of anilines is 2. The van der Waals surface area contributed by atoms with Gasteiger partial charge >= 0.3 is 0 Å². The van der Waals surface area contributed by atoms with E-state index in [4.69, 9.17) is 14.7 Å². The number of aliphatic hydroxyl groups excluding tert-OH is 1. The Labute approximate surface area is 264 Å². The van der Waals surface area contributed by atoms with E-state index in [1.807, 2.05) is 13.0 Å². The Morgan fingerprint density at radius 3 is 2.47 bits per heavy atom. The first-order valence-electron chi connectivity index (χ1n) is 16.7. The van der Waals surface area contributed by atoms with Gasteiger partial charge in [0.2, 0.25) is 5.95 Å². The number of fused-ring (bicyclic) bond motifs is 1. The number of hydrogen-bond donors (Lipinski definition) is 2. The lowest BCUT2D eigenvalue weighted by molar-refractivity contribution is 0.117. The fourth-order valence-electron chi connectivity index (χ4n) is 7.36. The number of morpholine rings is 1. The zero-order chi connectivity index (χ0) is 31.2. The maximum absolute atomic E-state index is 14.2. The summed E-state index contributed by atoms with van der Waals surface area (Å²) in [5.41, 5.74) is 2.11. The average Bonchev–Trinajstić information content (AvgIpc) is 3.48. The molecule has 11 heteroatoms. The zero-order valence-corrected chi connectivity index (χ0v) is 26.4. The van der Waals surface area contributed by atoms with Crippen LogP contribution in [0.5, 0.6) is 0 Å². The molecule has 45 heavy (non-hydrogen) atoms. The summed E-state index contributed by atoms with van der Waals surface area (Å²) in [6, 6.07) is 9.47. The number of para-hydroxylation sites is 2. The maximum atomic E-state index is 14.2. The second kappa shape index (κ2) is 14.9. The summed E-state index contributed by atoms with van der Waals surface area (Å²) in [6.07, 6.45) is 9.61. The lowest BCUT2D eigenvalue weighted by atomic mass is 9.83. The molecule has 2 N–H and O–H groups in total. The van der Waals surface area contributed by atoms with Crippen LogP contribution in [0.2, 0.25) is 0 Å². The Kier molecular flexibility index (Phi) is 10.5. The van der Waals surface area contributed by atoms with Crippen LogP contribution in [0.15, 0.2) is 42.2 Å². The van der Waals surface area contributed by atoms with Gasteiger partial charge in [0.05, 0.1) is 30.5 Å². The molecule has 2 saturated carbocycles. The number of benzene rings is 1. The molecule has 6 rings (SSSR count). The third-order valence-corrected chi connectivity index (χ3v) is 9.82. The standard InChI is InChI=1S/C34H47F2N7O2/c1-24(23-44)21-42(22-26-7-3-2-4-8-26)27-13-11-25(12-14-27)20-37-34-39-30(41-15-17-45-18-16-41)19-31(40-34)43-29-10-6-5-9-28(29)38-33(43)32(35)36/h5-6,9-10,19,23,25-27,32,44H,2-4,7-8,11-18,20-22H2,1H3,(H,37,39,40)/b24-23+. The minimum atomic E-state index is -2.75. The summed E-state index contributed by atoms with van der Waals surface area (Å²) in [4.78, 5) is 18.6. The van der Waals surface area contributed by atoms with Gasteiger partial charge in [0.15, 0.2) is 5.82 Å². The molecule has 3 aliphatic rings. The molecule has 0 unspecified atom stereocenters. The van der Waals surface area contributed by atoms with Gasteiger partial charge in [0.25, 0.3) is 6.43 Å². The van der Waals surface area contributed by atoms with Crippen molar-refractivity contribution in [1.29, 1.82) is 0 Å². The molecule has 244 valence electrons. The number of imidazole rings is 1. The normalized spacial score (nSPS) is 22.1. The van der Waals surface area contributed by atoms with Crippen molar-refractivity contribution in [2.75, 3.05) is 56.2 Å². The van der Waals surface area contributed by atoms with Crippen molar-refractivity contribution in [1.82, 2.24) is 24.4 Å². The highest BCUT2D eigenvalue weighted by atomic mass is 19.3. The van der Waals surface area contributed by atoms with Gasteiger partial charge in [-0.3, -0.25) is 9.47 Å². The van der Waals surface area contributed by atoms with Gasteiger partial charge in [0.1, 0.15) is 11.6 Å².